The molecule has 0 saturated carbocycles. The number of aryl methyl sites for hydroxylation is 1. The van der Waals surface area contributed by atoms with Gasteiger partial charge in [-0.15, -0.1) is 0 Å². The van der Waals surface area contributed by atoms with Gasteiger partial charge in [0.1, 0.15) is 0 Å². The van der Waals surface area contributed by atoms with E-state index < -0.39 is 5.97 Å². The lowest BCUT2D eigenvalue weighted by molar-refractivity contribution is -0.131. The van der Waals surface area contributed by atoms with E-state index in [0.29, 0.717) is 17.0 Å². The van der Waals surface area contributed by atoms with Crippen molar-refractivity contribution >= 4 is 18.0 Å². The minimum atomic E-state index is -1.04. The molecule has 0 aliphatic heterocycles. The molecular formula is C14H13N3O4. The molecule has 2 rings (SSSR count). The lowest BCUT2D eigenvalue weighted by Crippen LogP contribution is -2.24. The van der Waals surface area contributed by atoms with Crippen LogP contribution in [0.2, 0.25) is 0 Å². The summed E-state index contributed by atoms with van der Waals surface area (Å²) in [5.41, 5.74) is 1.88. The van der Waals surface area contributed by atoms with Crippen molar-refractivity contribution in [2.75, 3.05) is 0 Å². The van der Waals surface area contributed by atoms with Crippen molar-refractivity contribution in [1.82, 2.24) is 15.5 Å². The van der Waals surface area contributed by atoms with Crippen LogP contribution in [0.4, 0.5) is 0 Å². The van der Waals surface area contributed by atoms with Crippen LogP contribution in [0.25, 0.3) is 6.08 Å². The highest BCUT2D eigenvalue weighted by molar-refractivity contribution is 5.96. The molecule has 108 valence electrons. The highest BCUT2D eigenvalue weighted by Gasteiger charge is 2.10. The van der Waals surface area contributed by atoms with E-state index in [1.807, 2.05) is 0 Å². The Balaban J connectivity index is 2.12. The quantitative estimate of drug-likeness (QED) is 0.805. The summed E-state index contributed by atoms with van der Waals surface area (Å²) < 4.78 is 4.57. The van der Waals surface area contributed by atoms with E-state index in [0.717, 1.165) is 11.6 Å². The maximum atomic E-state index is 12.1. The molecule has 0 radical (unpaired) electrons. The predicted octanol–water partition coefficient (Wildman–Crippen LogP) is 1.41. The van der Waals surface area contributed by atoms with Gasteiger partial charge in [0.15, 0.2) is 5.82 Å². The van der Waals surface area contributed by atoms with Crippen molar-refractivity contribution in [1.29, 1.82) is 0 Å². The van der Waals surface area contributed by atoms with Crippen molar-refractivity contribution in [3.63, 3.8) is 0 Å². The lowest BCUT2D eigenvalue weighted by Gasteiger charge is -2.07. The monoisotopic (exact) mass is 287 g/mol. The minimum absolute atomic E-state index is 0.157. The molecule has 0 bridgehead atoms. The first-order valence-electron chi connectivity index (χ1n) is 6.11. The Labute approximate surface area is 120 Å². The number of carbonyl (C=O) groups is 2. The number of nitrogens with zero attached hydrogens (tertiary/aromatic N) is 2. The number of carbonyl (C=O) groups excluding carboxylic acids is 1. The van der Waals surface area contributed by atoms with Gasteiger partial charge in [-0.1, -0.05) is 17.3 Å². The standard InChI is InChI=1S/C14H13N3O4/c1-9-2-3-10(4-5-13(18)19)6-11(9)14(20)15-7-12-16-8-21-17-12/h2-6,8H,7H2,1H3,(H,15,20)(H,18,19)/b5-4+. The molecule has 0 saturated heterocycles. The first-order valence-corrected chi connectivity index (χ1v) is 6.11. The summed E-state index contributed by atoms with van der Waals surface area (Å²) in [5.74, 6) is -0.954. The van der Waals surface area contributed by atoms with E-state index in [4.69, 9.17) is 5.11 Å². The second-order valence-corrected chi connectivity index (χ2v) is 4.28. The van der Waals surface area contributed by atoms with Crippen LogP contribution < -0.4 is 5.32 Å². The van der Waals surface area contributed by atoms with Gasteiger partial charge in [0.25, 0.3) is 5.91 Å². The summed E-state index contributed by atoms with van der Waals surface area (Å²) in [6.07, 6.45) is 3.63. The summed E-state index contributed by atoms with van der Waals surface area (Å²) in [4.78, 5) is 26.4. The first kappa shape index (κ1) is 14.4. The SMILES string of the molecule is Cc1ccc(/C=C/C(=O)O)cc1C(=O)NCc1ncon1. The van der Waals surface area contributed by atoms with Crippen molar-refractivity contribution in [2.45, 2.75) is 13.5 Å². The molecule has 0 fully saturated rings. The molecule has 1 heterocycles. The number of aromatic nitrogens is 2. The number of carboxylic acids is 1. The Morgan fingerprint density at radius 1 is 1.43 bits per heavy atom. The zero-order valence-electron chi connectivity index (χ0n) is 11.2. The zero-order valence-corrected chi connectivity index (χ0v) is 11.2. The van der Waals surface area contributed by atoms with Crippen LogP contribution in [0.5, 0.6) is 0 Å². The average Bonchev–Trinajstić information content (AvgIpc) is 2.97. The molecule has 1 amide bonds. The Hall–Kier alpha value is -2.96. The van der Waals surface area contributed by atoms with Gasteiger partial charge >= 0.3 is 5.97 Å². The van der Waals surface area contributed by atoms with Crippen LogP contribution in [-0.2, 0) is 11.3 Å². The Morgan fingerprint density at radius 3 is 2.90 bits per heavy atom. The molecule has 21 heavy (non-hydrogen) atoms. The number of aliphatic carboxylic acids is 1. The zero-order chi connectivity index (χ0) is 15.2. The number of benzene rings is 1. The molecule has 0 atom stereocenters. The highest BCUT2D eigenvalue weighted by atomic mass is 16.5. The van der Waals surface area contributed by atoms with Gasteiger partial charge in [0, 0.05) is 11.6 Å². The molecular weight excluding hydrogens is 274 g/mol. The molecule has 2 aromatic rings. The minimum Gasteiger partial charge on any atom is -0.478 e. The van der Waals surface area contributed by atoms with Crippen molar-refractivity contribution < 1.29 is 19.2 Å². The van der Waals surface area contributed by atoms with E-state index in [1.54, 1.807) is 25.1 Å². The predicted molar refractivity (Wildman–Crippen MR) is 73.3 cm³/mol. The Morgan fingerprint density at radius 2 is 2.24 bits per heavy atom. The summed E-state index contributed by atoms with van der Waals surface area (Å²) in [7, 11) is 0. The van der Waals surface area contributed by atoms with Crippen molar-refractivity contribution in [3.05, 3.63) is 53.2 Å². The van der Waals surface area contributed by atoms with Crippen molar-refractivity contribution in [2.24, 2.45) is 0 Å². The largest absolute Gasteiger partial charge is 0.478 e. The first-order chi connectivity index (χ1) is 10.1. The van der Waals surface area contributed by atoms with Gasteiger partial charge in [-0.05, 0) is 30.2 Å². The van der Waals surface area contributed by atoms with Crippen LogP contribution in [0.15, 0.2) is 35.2 Å². The summed E-state index contributed by atoms with van der Waals surface area (Å²) >= 11 is 0. The van der Waals surface area contributed by atoms with E-state index in [9.17, 15) is 9.59 Å². The number of nitrogens with one attached hydrogen (secondary N) is 1. The third-order valence-corrected chi connectivity index (χ3v) is 2.74. The van der Waals surface area contributed by atoms with Gasteiger partial charge < -0.3 is 14.9 Å². The van der Waals surface area contributed by atoms with E-state index in [-0.39, 0.29) is 12.5 Å². The number of amides is 1. The molecule has 1 aromatic carbocycles. The van der Waals surface area contributed by atoms with Crippen LogP contribution in [0.1, 0.15) is 27.3 Å². The topological polar surface area (TPSA) is 105 Å². The number of carboxylic acid groups (broad SMARTS) is 1. The third kappa shape index (κ3) is 4.00. The van der Waals surface area contributed by atoms with Crippen LogP contribution >= 0.6 is 0 Å². The molecule has 7 heteroatoms. The molecule has 2 N–H and O–H groups in total. The molecule has 0 aliphatic rings. The maximum Gasteiger partial charge on any atom is 0.328 e. The fraction of sp³-hybridized carbons (Fsp3) is 0.143. The maximum absolute atomic E-state index is 12.1. The van der Waals surface area contributed by atoms with Crippen LogP contribution in [-0.4, -0.2) is 27.1 Å². The lowest BCUT2D eigenvalue weighted by atomic mass is 10.0. The fourth-order valence-corrected chi connectivity index (χ4v) is 1.68. The smallest absolute Gasteiger partial charge is 0.328 e. The Bertz CT molecular complexity index is 678. The summed E-state index contributed by atoms with van der Waals surface area (Å²) in [6, 6.07) is 5.12. The van der Waals surface area contributed by atoms with E-state index >= 15 is 0 Å². The normalized spacial score (nSPS) is 10.7. The highest BCUT2D eigenvalue weighted by Crippen LogP contribution is 2.13. The summed E-state index contributed by atoms with van der Waals surface area (Å²) in [6.45, 7) is 1.96. The number of hydrogen-bond acceptors (Lipinski definition) is 5. The molecule has 0 spiro atoms. The Kier molecular flexibility index (Phi) is 4.45. The fourth-order valence-electron chi connectivity index (χ4n) is 1.68. The summed E-state index contributed by atoms with van der Waals surface area (Å²) in [5, 5.41) is 14.9. The second kappa shape index (κ2) is 6.47. The van der Waals surface area contributed by atoms with Gasteiger partial charge in [-0.2, -0.15) is 4.98 Å². The van der Waals surface area contributed by atoms with Gasteiger partial charge in [-0.25, -0.2) is 4.79 Å². The molecule has 0 unspecified atom stereocenters. The second-order valence-electron chi connectivity index (χ2n) is 4.28. The van der Waals surface area contributed by atoms with Gasteiger partial charge in [-0.3, -0.25) is 4.79 Å². The van der Waals surface area contributed by atoms with Crippen LogP contribution in [0, 0.1) is 6.92 Å². The molecule has 1 aromatic heterocycles. The number of rotatable bonds is 5. The number of hydrogen-bond donors (Lipinski definition) is 2. The average molecular weight is 287 g/mol. The van der Waals surface area contributed by atoms with Gasteiger partial charge in [0.05, 0.1) is 6.54 Å². The van der Waals surface area contributed by atoms with Gasteiger partial charge in [0.2, 0.25) is 6.39 Å². The molecule has 7 nitrogen and oxygen atoms in total. The van der Waals surface area contributed by atoms with E-state index in [1.165, 1.54) is 12.5 Å². The van der Waals surface area contributed by atoms with Crippen LogP contribution in [0.3, 0.4) is 0 Å². The van der Waals surface area contributed by atoms with E-state index in [2.05, 4.69) is 20.0 Å². The molecule has 0 aliphatic carbocycles. The third-order valence-electron chi connectivity index (χ3n) is 2.74. The van der Waals surface area contributed by atoms with Crippen molar-refractivity contribution in [3.8, 4) is 0 Å².